The van der Waals surface area contributed by atoms with Crippen LogP contribution in [0.5, 0.6) is 0 Å². The predicted octanol–water partition coefficient (Wildman–Crippen LogP) is 3.03. The fourth-order valence-electron chi connectivity index (χ4n) is 2.20. The van der Waals surface area contributed by atoms with E-state index >= 15 is 0 Å². The van der Waals surface area contributed by atoms with Crippen LogP contribution >= 0.6 is 0 Å². The molecule has 2 heteroatoms. The Labute approximate surface area is 90.9 Å². The van der Waals surface area contributed by atoms with E-state index in [0.717, 1.165) is 18.4 Å². The van der Waals surface area contributed by atoms with Crippen LogP contribution in [0, 0.1) is 0 Å². The molecule has 1 aliphatic rings. The van der Waals surface area contributed by atoms with Gasteiger partial charge in [-0.3, -0.25) is 0 Å². The molecule has 0 amide bonds. The summed E-state index contributed by atoms with van der Waals surface area (Å²) in [5, 5.41) is 9.92. The Hall–Kier alpha value is -0.860. The molecule has 0 spiro atoms. The van der Waals surface area contributed by atoms with Crippen molar-refractivity contribution in [2.24, 2.45) is 0 Å². The molecule has 1 N–H and O–H groups in total. The number of hydrogen-bond acceptors (Lipinski definition) is 2. The van der Waals surface area contributed by atoms with Gasteiger partial charge in [0, 0.05) is 5.56 Å². The predicted molar refractivity (Wildman–Crippen MR) is 59.4 cm³/mol. The van der Waals surface area contributed by atoms with Gasteiger partial charge < -0.3 is 9.84 Å². The molecule has 0 heterocycles. The van der Waals surface area contributed by atoms with Crippen molar-refractivity contribution in [1.29, 1.82) is 0 Å². The second-order valence-corrected chi connectivity index (χ2v) is 4.54. The molecule has 1 aliphatic carbocycles. The molecule has 0 radical (unpaired) electrons. The third-order valence-electron chi connectivity index (χ3n) is 3.14. The zero-order valence-corrected chi connectivity index (χ0v) is 9.15. The number of ether oxygens (including phenoxy) is 1. The summed E-state index contributed by atoms with van der Waals surface area (Å²) in [5.41, 5.74) is 0.709. The van der Waals surface area contributed by atoms with Crippen LogP contribution in [-0.4, -0.2) is 10.7 Å². The molecule has 82 valence electrons. The maximum Gasteiger partial charge on any atom is 0.181 e. The van der Waals surface area contributed by atoms with Gasteiger partial charge in [0.05, 0.1) is 5.60 Å². The lowest BCUT2D eigenvalue weighted by Gasteiger charge is -2.27. The minimum absolute atomic E-state index is 0.130. The molecule has 0 saturated heterocycles. The van der Waals surface area contributed by atoms with Crippen LogP contribution in [0.4, 0.5) is 0 Å². The van der Waals surface area contributed by atoms with Crippen molar-refractivity contribution in [3.05, 3.63) is 35.9 Å². The maximum absolute atomic E-state index is 9.92. The van der Waals surface area contributed by atoms with E-state index in [9.17, 15) is 5.11 Å². The van der Waals surface area contributed by atoms with E-state index in [2.05, 4.69) is 6.92 Å². The van der Waals surface area contributed by atoms with E-state index in [1.54, 1.807) is 0 Å². The molecule has 1 aromatic carbocycles. The summed E-state index contributed by atoms with van der Waals surface area (Å²) in [7, 11) is 0. The van der Waals surface area contributed by atoms with E-state index in [4.69, 9.17) is 4.74 Å². The summed E-state index contributed by atoms with van der Waals surface area (Å²) in [6.45, 7) is 2.09. The first-order valence-electron chi connectivity index (χ1n) is 5.60. The highest BCUT2D eigenvalue weighted by atomic mass is 16.6. The van der Waals surface area contributed by atoms with Gasteiger partial charge in [-0.2, -0.15) is 0 Å². The Morgan fingerprint density at radius 2 is 1.80 bits per heavy atom. The second kappa shape index (κ2) is 4.33. The molecule has 0 aromatic heterocycles. The van der Waals surface area contributed by atoms with Gasteiger partial charge in [0.1, 0.15) is 0 Å². The van der Waals surface area contributed by atoms with E-state index in [0.29, 0.717) is 0 Å². The molecule has 2 rings (SSSR count). The van der Waals surface area contributed by atoms with Crippen molar-refractivity contribution in [3.63, 3.8) is 0 Å². The number of aliphatic hydroxyl groups excluding tert-OH is 1. The topological polar surface area (TPSA) is 29.5 Å². The zero-order chi connectivity index (χ0) is 10.7. The standard InChI is InChI=1S/C13H18O2/c1-13(9-5-6-10-13)15-12(14)11-7-3-2-4-8-11/h2-4,7-8,12,14H,5-6,9-10H2,1H3. The summed E-state index contributed by atoms with van der Waals surface area (Å²) in [6, 6.07) is 9.55. The van der Waals surface area contributed by atoms with Crippen molar-refractivity contribution in [3.8, 4) is 0 Å². The van der Waals surface area contributed by atoms with Crippen molar-refractivity contribution < 1.29 is 9.84 Å². The summed E-state index contributed by atoms with van der Waals surface area (Å²) in [4.78, 5) is 0. The van der Waals surface area contributed by atoms with Gasteiger partial charge in [0.15, 0.2) is 6.29 Å². The smallest absolute Gasteiger partial charge is 0.181 e. The molecule has 1 fully saturated rings. The third kappa shape index (κ3) is 2.58. The van der Waals surface area contributed by atoms with E-state index in [-0.39, 0.29) is 5.60 Å². The summed E-state index contributed by atoms with van der Waals surface area (Å²) < 4.78 is 5.74. The van der Waals surface area contributed by atoms with Crippen molar-refractivity contribution in [1.82, 2.24) is 0 Å². The molecule has 1 saturated carbocycles. The molecule has 15 heavy (non-hydrogen) atoms. The lowest BCUT2D eigenvalue weighted by Crippen LogP contribution is -2.26. The Balaban J connectivity index is 2.00. The number of aliphatic hydroxyl groups is 1. The van der Waals surface area contributed by atoms with Crippen LogP contribution in [0.15, 0.2) is 30.3 Å². The summed E-state index contributed by atoms with van der Waals surface area (Å²) >= 11 is 0. The Morgan fingerprint density at radius 3 is 2.40 bits per heavy atom. The van der Waals surface area contributed by atoms with Crippen LogP contribution in [-0.2, 0) is 4.74 Å². The van der Waals surface area contributed by atoms with Gasteiger partial charge >= 0.3 is 0 Å². The zero-order valence-electron chi connectivity index (χ0n) is 9.15. The molecule has 0 aliphatic heterocycles. The molecule has 0 bridgehead atoms. The molecular formula is C13H18O2. The minimum atomic E-state index is -0.783. The van der Waals surface area contributed by atoms with Crippen LogP contribution in [0.25, 0.3) is 0 Å². The highest BCUT2D eigenvalue weighted by Gasteiger charge is 2.32. The van der Waals surface area contributed by atoms with Crippen LogP contribution < -0.4 is 0 Å². The lowest BCUT2D eigenvalue weighted by atomic mass is 10.1. The molecule has 1 unspecified atom stereocenters. The summed E-state index contributed by atoms with van der Waals surface area (Å²) in [6.07, 6.45) is 3.73. The SMILES string of the molecule is CC1(OC(O)c2ccccc2)CCCC1. The molecule has 2 nitrogen and oxygen atoms in total. The quantitative estimate of drug-likeness (QED) is 0.770. The van der Waals surface area contributed by atoms with Crippen molar-refractivity contribution in [2.45, 2.75) is 44.5 Å². The van der Waals surface area contributed by atoms with Gasteiger partial charge in [-0.05, 0) is 19.8 Å². The lowest BCUT2D eigenvalue weighted by molar-refractivity contribution is -0.180. The fraction of sp³-hybridized carbons (Fsp3) is 0.538. The number of hydrogen-bond donors (Lipinski definition) is 1. The van der Waals surface area contributed by atoms with Gasteiger partial charge in [0.25, 0.3) is 0 Å². The highest BCUT2D eigenvalue weighted by molar-refractivity contribution is 5.15. The maximum atomic E-state index is 9.92. The molecule has 1 aromatic rings. The highest BCUT2D eigenvalue weighted by Crippen LogP contribution is 2.36. The minimum Gasteiger partial charge on any atom is -0.364 e. The second-order valence-electron chi connectivity index (χ2n) is 4.54. The summed E-state index contributed by atoms with van der Waals surface area (Å²) in [5.74, 6) is 0. The van der Waals surface area contributed by atoms with Gasteiger partial charge in [0.2, 0.25) is 0 Å². The number of benzene rings is 1. The Bertz CT molecular complexity index is 302. The van der Waals surface area contributed by atoms with Crippen LogP contribution in [0.2, 0.25) is 0 Å². The monoisotopic (exact) mass is 206 g/mol. The van der Waals surface area contributed by atoms with Crippen molar-refractivity contribution >= 4 is 0 Å². The molecule has 1 atom stereocenters. The Morgan fingerprint density at radius 1 is 1.20 bits per heavy atom. The van der Waals surface area contributed by atoms with E-state index < -0.39 is 6.29 Å². The average Bonchev–Trinajstić information content (AvgIpc) is 2.66. The fourth-order valence-corrected chi connectivity index (χ4v) is 2.20. The van der Waals surface area contributed by atoms with Crippen LogP contribution in [0.3, 0.4) is 0 Å². The van der Waals surface area contributed by atoms with Crippen LogP contribution in [0.1, 0.15) is 44.5 Å². The van der Waals surface area contributed by atoms with E-state index in [1.165, 1.54) is 12.8 Å². The first-order chi connectivity index (χ1) is 7.20. The van der Waals surface area contributed by atoms with Crippen molar-refractivity contribution in [2.75, 3.05) is 0 Å². The van der Waals surface area contributed by atoms with E-state index in [1.807, 2.05) is 30.3 Å². The average molecular weight is 206 g/mol. The van der Waals surface area contributed by atoms with Gasteiger partial charge in [-0.25, -0.2) is 0 Å². The normalized spacial score (nSPS) is 21.5. The van der Waals surface area contributed by atoms with Gasteiger partial charge in [-0.15, -0.1) is 0 Å². The largest absolute Gasteiger partial charge is 0.364 e. The molecular weight excluding hydrogens is 188 g/mol. The van der Waals surface area contributed by atoms with Gasteiger partial charge in [-0.1, -0.05) is 43.2 Å². The third-order valence-corrected chi connectivity index (χ3v) is 3.14. The first-order valence-corrected chi connectivity index (χ1v) is 5.60. The number of rotatable bonds is 3. The Kier molecular flexibility index (Phi) is 3.08. The first kappa shape index (κ1) is 10.7.